The van der Waals surface area contributed by atoms with Gasteiger partial charge in [0.05, 0.1) is 4.83 Å². The van der Waals surface area contributed by atoms with Gasteiger partial charge < -0.3 is 9.84 Å². The van der Waals surface area contributed by atoms with E-state index in [1.165, 1.54) is 6.92 Å². The lowest BCUT2D eigenvalue weighted by molar-refractivity contribution is -0.179. The first-order valence-corrected chi connectivity index (χ1v) is 12.4. The molecule has 0 saturated heterocycles. The minimum absolute atomic E-state index is 0.0458. The fraction of sp³-hybridized carbons (Fsp3) is 0.875. The van der Waals surface area contributed by atoms with Crippen LogP contribution in [0.25, 0.3) is 0 Å². The van der Waals surface area contributed by atoms with Crippen LogP contribution < -0.4 is 0 Å². The van der Waals surface area contributed by atoms with E-state index in [0.29, 0.717) is 30.0 Å². The van der Waals surface area contributed by atoms with E-state index in [-0.39, 0.29) is 34.5 Å². The molecule has 0 heterocycles. The average Bonchev–Trinajstić information content (AvgIpc) is 2.88. The Bertz CT molecular complexity index is 767. The Morgan fingerprint density at radius 2 is 1.90 bits per heavy atom. The summed E-state index contributed by atoms with van der Waals surface area (Å²) in [5, 5.41) is 11.8. The molecule has 1 N–H and O–H groups in total. The summed E-state index contributed by atoms with van der Waals surface area (Å²) in [5.74, 6) is 1.07. The second-order valence-corrected chi connectivity index (χ2v) is 12.2. The molecule has 4 aliphatic rings. The first-order chi connectivity index (χ1) is 13.9. The van der Waals surface area contributed by atoms with E-state index >= 15 is 0 Å². The molecule has 0 aromatic rings. The minimum Gasteiger partial charge on any atom is -0.458 e. The van der Waals surface area contributed by atoms with Crippen LogP contribution in [0.3, 0.4) is 0 Å². The van der Waals surface area contributed by atoms with Gasteiger partial charge in [0.1, 0.15) is 11.4 Å². The third-order valence-corrected chi connectivity index (χ3v) is 10.7. The van der Waals surface area contributed by atoms with Gasteiger partial charge in [-0.25, -0.2) is 0 Å². The number of aliphatic hydroxyl groups is 1. The van der Waals surface area contributed by atoms with Gasteiger partial charge in [-0.05, 0) is 73.5 Å². The second kappa shape index (κ2) is 7.40. The van der Waals surface area contributed by atoms with Gasteiger partial charge in [0.25, 0.3) is 0 Å². The third kappa shape index (κ3) is 2.99. The molecule has 0 aliphatic heterocycles. The maximum atomic E-state index is 13.1. The number of carbonyl (C=O) groups is 3. The zero-order chi connectivity index (χ0) is 22.1. The third-order valence-electron chi connectivity index (χ3n) is 9.89. The number of esters is 1. The summed E-state index contributed by atoms with van der Waals surface area (Å²) in [7, 11) is 0. The molecule has 168 valence electrons. The lowest BCUT2D eigenvalue weighted by Crippen LogP contribution is -2.61. The Morgan fingerprint density at radius 3 is 2.57 bits per heavy atom. The number of hydrogen-bond acceptors (Lipinski definition) is 5. The molecule has 5 nitrogen and oxygen atoms in total. The molecular weight excluding hydrogens is 448 g/mol. The van der Waals surface area contributed by atoms with E-state index in [0.717, 1.165) is 38.5 Å². The van der Waals surface area contributed by atoms with Gasteiger partial charge in [0.2, 0.25) is 5.78 Å². The van der Waals surface area contributed by atoms with Crippen LogP contribution in [0.1, 0.15) is 72.6 Å². The number of fused-ring (bicyclic) bond motifs is 5. The van der Waals surface area contributed by atoms with Gasteiger partial charge in [-0.2, -0.15) is 0 Å². The Hall–Kier alpha value is -0.750. The highest BCUT2D eigenvalue weighted by atomic mass is 79.9. The molecule has 3 unspecified atom stereocenters. The highest BCUT2D eigenvalue weighted by Crippen LogP contribution is 2.69. The number of rotatable bonds is 3. The largest absolute Gasteiger partial charge is 0.458 e. The van der Waals surface area contributed by atoms with Crippen molar-refractivity contribution in [2.75, 3.05) is 6.61 Å². The zero-order valence-electron chi connectivity index (χ0n) is 18.6. The van der Waals surface area contributed by atoms with Crippen LogP contribution in [-0.2, 0) is 19.1 Å². The van der Waals surface area contributed by atoms with E-state index in [4.69, 9.17) is 4.74 Å². The summed E-state index contributed by atoms with van der Waals surface area (Å²) >= 11 is 3.63. The van der Waals surface area contributed by atoms with Crippen LogP contribution in [0.15, 0.2) is 0 Å². The number of hydrogen-bond donors (Lipinski definition) is 1. The Balaban J connectivity index is 1.62. The minimum atomic E-state index is -1.45. The predicted octanol–water partition coefficient (Wildman–Crippen LogP) is 4.08. The molecule has 4 aliphatic carbocycles. The summed E-state index contributed by atoms with van der Waals surface area (Å²) in [6.45, 7) is 7.39. The van der Waals surface area contributed by atoms with Crippen molar-refractivity contribution in [3.63, 3.8) is 0 Å². The van der Waals surface area contributed by atoms with Gasteiger partial charge in [-0.3, -0.25) is 14.4 Å². The van der Waals surface area contributed by atoms with E-state index in [9.17, 15) is 19.5 Å². The van der Waals surface area contributed by atoms with Crippen LogP contribution in [-0.4, -0.2) is 39.7 Å². The number of ether oxygens (including phenoxy) is 1. The highest BCUT2D eigenvalue weighted by molar-refractivity contribution is 9.10. The molecule has 0 aromatic heterocycles. The van der Waals surface area contributed by atoms with Gasteiger partial charge in [-0.1, -0.05) is 36.7 Å². The average molecular weight is 483 g/mol. The Kier molecular flexibility index (Phi) is 5.53. The molecule has 4 rings (SSSR count). The maximum Gasteiger partial charge on any atom is 0.303 e. The van der Waals surface area contributed by atoms with Crippen molar-refractivity contribution < 1.29 is 24.2 Å². The van der Waals surface area contributed by atoms with E-state index < -0.39 is 17.0 Å². The number of ketones is 2. The van der Waals surface area contributed by atoms with Crippen molar-refractivity contribution >= 4 is 33.5 Å². The number of alkyl halides is 1. The first kappa shape index (κ1) is 22.4. The first-order valence-electron chi connectivity index (χ1n) is 11.5. The van der Waals surface area contributed by atoms with Gasteiger partial charge >= 0.3 is 5.97 Å². The summed E-state index contributed by atoms with van der Waals surface area (Å²) in [4.78, 5) is 36.6. The summed E-state index contributed by atoms with van der Waals surface area (Å²) in [6, 6.07) is 0. The number of carbonyl (C=O) groups excluding carboxylic acids is 3. The lowest BCUT2D eigenvalue weighted by atomic mass is 9.44. The smallest absolute Gasteiger partial charge is 0.303 e. The van der Waals surface area contributed by atoms with Crippen molar-refractivity contribution in [3.8, 4) is 0 Å². The SMILES string of the molecule is CC(=O)OCC(=O)[C@@]1(O)[C@H](C)CC2C3CC[C@H]4CC(=O)[C@H](Br)C[C@]4(C)C3CC[C@@]21C. The fourth-order valence-corrected chi connectivity index (χ4v) is 9.16. The number of Topliss-reactive ketones (excluding diaryl/α,β-unsaturated/α-hetero) is 2. The monoisotopic (exact) mass is 482 g/mol. The summed E-state index contributed by atoms with van der Waals surface area (Å²) in [5.41, 5.74) is -1.80. The van der Waals surface area contributed by atoms with Crippen LogP contribution in [0.2, 0.25) is 0 Å². The quantitative estimate of drug-likeness (QED) is 0.483. The van der Waals surface area contributed by atoms with Crippen molar-refractivity contribution in [2.45, 2.75) is 83.1 Å². The van der Waals surface area contributed by atoms with E-state index in [1.54, 1.807) is 0 Å². The molecule has 0 amide bonds. The molecule has 30 heavy (non-hydrogen) atoms. The maximum absolute atomic E-state index is 13.1. The zero-order valence-corrected chi connectivity index (χ0v) is 20.2. The van der Waals surface area contributed by atoms with Crippen LogP contribution >= 0.6 is 15.9 Å². The second-order valence-electron chi connectivity index (χ2n) is 11.1. The molecule has 0 radical (unpaired) electrons. The van der Waals surface area contributed by atoms with Crippen LogP contribution in [0.5, 0.6) is 0 Å². The molecular formula is C24H35BrO5. The Labute approximate surface area is 187 Å². The van der Waals surface area contributed by atoms with Crippen LogP contribution in [0.4, 0.5) is 0 Å². The molecule has 4 saturated carbocycles. The van der Waals surface area contributed by atoms with Crippen molar-refractivity contribution in [3.05, 3.63) is 0 Å². The molecule has 0 aromatic carbocycles. The Morgan fingerprint density at radius 1 is 1.20 bits per heavy atom. The topological polar surface area (TPSA) is 80.7 Å². The standard InChI is InChI=1S/C24H35BrO5/c1-13-9-18-16-6-5-15-10-20(27)19(25)11-22(15,3)17(16)7-8-23(18,4)24(13,29)21(28)12-30-14(2)26/h13,15-19,29H,5-12H2,1-4H3/t13-,15+,16?,17?,18?,19-,22+,23+,24+/m1/s1. The summed E-state index contributed by atoms with van der Waals surface area (Å²) in [6.07, 6.45) is 6.32. The normalized spacial score (nSPS) is 50.3. The van der Waals surface area contributed by atoms with Gasteiger partial charge in [0, 0.05) is 18.8 Å². The van der Waals surface area contributed by atoms with Crippen molar-refractivity contribution in [1.29, 1.82) is 0 Å². The van der Waals surface area contributed by atoms with Gasteiger partial charge in [-0.15, -0.1) is 0 Å². The molecule has 4 fully saturated rings. The lowest BCUT2D eigenvalue weighted by Gasteiger charge is -2.61. The van der Waals surface area contributed by atoms with Gasteiger partial charge in [0.15, 0.2) is 6.61 Å². The van der Waals surface area contributed by atoms with Crippen LogP contribution in [0, 0.1) is 40.4 Å². The number of halogens is 1. The molecule has 0 spiro atoms. The molecule has 6 heteroatoms. The van der Waals surface area contributed by atoms with Crippen molar-refractivity contribution in [2.24, 2.45) is 40.4 Å². The van der Waals surface area contributed by atoms with E-state index in [2.05, 4.69) is 29.8 Å². The predicted molar refractivity (Wildman–Crippen MR) is 116 cm³/mol. The molecule has 9 atom stereocenters. The summed E-state index contributed by atoms with van der Waals surface area (Å²) < 4.78 is 4.98. The highest BCUT2D eigenvalue weighted by Gasteiger charge is 2.69. The molecule has 0 bridgehead atoms. The van der Waals surface area contributed by atoms with Crippen molar-refractivity contribution in [1.82, 2.24) is 0 Å². The fourth-order valence-electron chi connectivity index (χ4n) is 8.27. The van der Waals surface area contributed by atoms with E-state index in [1.807, 2.05) is 6.92 Å².